The highest BCUT2D eigenvalue weighted by Crippen LogP contribution is 1.79. The largest absolute Gasteiger partial charge is 0.472 e. The highest BCUT2D eigenvalue weighted by Gasteiger charge is 1.78. The summed E-state index contributed by atoms with van der Waals surface area (Å²) in [6, 6.07) is 0. The Bertz CT molecular complexity index is 219. The zero-order valence-electron chi connectivity index (χ0n) is 5.77. The van der Waals surface area contributed by atoms with Crippen LogP contribution in [0.15, 0.2) is 0 Å². The number of hydrogen-bond donors (Lipinski definition) is 1. The molecule has 0 bridgehead atoms. The van der Waals surface area contributed by atoms with Crippen LogP contribution in [0.4, 0.5) is 0 Å². The van der Waals surface area contributed by atoms with Gasteiger partial charge in [0.1, 0.15) is 0 Å². The Morgan fingerprint density at radius 1 is 1.50 bits per heavy atom. The summed E-state index contributed by atoms with van der Waals surface area (Å²) in [4.78, 5) is 9.79. The fraction of sp³-hybridized carbons (Fsp3) is 0.375. The Hall–Kier alpha value is -1.41. The first kappa shape index (κ1) is 8.59. The van der Waals surface area contributed by atoms with Crippen molar-refractivity contribution in [1.29, 1.82) is 0 Å². The van der Waals surface area contributed by atoms with Gasteiger partial charge in [0.15, 0.2) is 0 Å². The van der Waals surface area contributed by atoms with E-state index in [1.54, 1.807) is 0 Å². The van der Waals surface area contributed by atoms with Gasteiger partial charge in [-0.25, -0.2) is 4.79 Å². The van der Waals surface area contributed by atoms with Crippen molar-refractivity contribution in [2.45, 2.75) is 19.8 Å². The molecule has 0 unspecified atom stereocenters. The molecule has 0 fully saturated rings. The second-order valence-corrected chi connectivity index (χ2v) is 1.61. The smallest absolute Gasteiger partial charge is 0.382 e. The van der Waals surface area contributed by atoms with Crippen molar-refractivity contribution >= 4 is 5.97 Å². The molecule has 0 aromatic carbocycles. The molecule has 0 saturated heterocycles. The molecule has 0 radical (unpaired) electrons. The standard InChI is InChI=1S/C8H8O2/c1-2-3-4-5-6-7-8(9)10/h2-3H2,1H3,(H,9,10). The van der Waals surface area contributed by atoms with Gasteiger partial charge in [-0.05, 0) is 18.3 Å². The second kappa shape index (κ2) is 5.72. The van der Waals surface area contributed by atoms with Gasteiger partial charge < -0.3 is 5.11 Å². The minimum absolute atomic E-state index is 0.772. The number of hydrogen-bond acceptors (Lipinski definition) is 1. The molecule has 0 heterocycles. The Kier molecular flexibility index (Phi) is 4.91. The molecule has 0 aliphatic heterocycles. The topological polar surface area (TPSA) is 37.3 Å². The molecule has 0 amide bonds. The van der Waals surface area contributed by atoms with Gasteiger partial charge in [-0.2, -0.15) is 0 Å². The summed E-state index contributed by atoms with van der Waals surface area (Å²) in [5.41, 5.74) is 0. The summed E-state index contributed by atoms with van der Waals surface area (Å²) >= 11 is 0. The molecule has 52 valence electrons. The summed E-state index contributed by atoms with van der Waals surface area (Å²) in [5.74, 6) is 8.10. The third-order valence-corrected chi connectivity index (χ3v) is 0.695. The van der Waals surface area contributed by atoms with Crippen molar-refractivity contribution in [2.75, 3.05) is 0 Å². The van der Waals surface area contributed by atoms with Gasteiger partial charge in [0, 0.05) is 12.3 Å². The zero-order valence-corrected chi connectivity index (χ0v) is 5.77. The van der Waals surface area contributed by atoms with E-state index in [1.165, 1.54) is 0 Å². The maximum atomic E-state index is 9.79. The first-order valence-corrected chi connectivity index (χ1v) is 2.99. The van der Waals surface area contributed by atoms with E-state index in [2.05, 4.69) is 17.8 Å². The molecule has 2 heteroatoms. The number of carboxylic acid groups (broad SMARTS) is 1. The van der Waals surface area contributed by atoms with Crippen LogP contribution in [-0.2, 0) is 4.79 Å². The van der Waals surface area contributed by atoms with E-state index in [0.29, 0.717) is 0 Å². The van der Waals surface area contributed by atoms with Crippen LogP contribution in [-0.4, -0.2) is 11.1 Å². The third-order valence-electron chi connectivity index (χ3n) is 0.695. The van der Waals surface area contributed by atoms with Gasteiger partial charge in [-0.1, -0.05) is 12.8 Å². The van der Waals surface area contributed by atoms with E-state index in [4.69, 9.17) is 5.11 Å². The van der Waals surface area contributed by atoms with Crippen molar-refractivity contribution in [3.8, 4) is 23.7 Å². The van der Waals surface area contributed by atoms with Crippen molar-refractivity contribution < 1.29 is 9.90 Å². The van der Waals surface area contributed by atoms with E-state index >= 15 is 0 Å². The first-order valence-electron chi connectivity index (χ1n) is 2.99. The predicted octanol–water partition coefficient (Wildman–Crippen LogP) is 0.878. The van der Waals surface area contributed by atoms with Gasteiger partial charge in [-0.15, -0.1) is 0 Å². The van der Waals surface area contributed by atoms with Crippen molar-refractivity contribution in [3.63, 3.8) is 0 Å². The van der Waals surface area contributed by atoms with Crippen LogP contribution in [0.2, 0.25) is 0 Å². The molecule has 1 N–H and O–H groups in total. The van der Waals surface area contributed by atoms with Crippen LogP contribution in [0.3, 0.4) is 0 Å². The Morgan fingerprint density at radius 3 is 2.70 bits per heavy atom. The SMILES string of the molecule is CCCC#CC#CC(=O)O. The van der Waals surface area contributed by atoms with E-state index in [-0.39, 0.29) is 0 Å². The van der Waals surface area contributed by atoms with Crippen molar-refractivity contribution in [3.05, 3.63) is 0 Å². The Labute approximate surface area is 60.2 Å². The predicted molar refractivity (Wildman–Crippen MR) is 38.1 cm³/mol. The molecule has 0 aliphatic carbocycles. The van der Waals surface area contributed by atoms with Gasteiger partial charge >= 0.3 is 5.97 Å². The lowest BCUT2D eigenvalue weighted by atomic mass is 10.3. The van der Waals surface area contributed by atoms with E-state index in [1.807, 2.05) is 12.8 Å². The molecule has 0 saturated carbocycles. The summed E-state index contributed by atoms with van der Waals surface area (Å²) in [7, 11) is 0. The fourth-order valence-corrected chi connectivity index (χ4v) is 0.316. The maximum absolute atomic E-state index is 9.79. The minimum atomic E-state index is -1.13. The lowest BCUT2D eigenvalue weighted by Gasteiger charge is -1.72. The number of rotatable bonds is 1. The van der Waals surface area contributed by atoms with Gasteiger partial charge in [0.2, 0.25) is 0 Å². The molecular weight excluding hydrogens is 128 g/mol. The quantitative estimate of drug-likeness (QED) is 0.543. The number of aliphatic carboxylic acids is 1. The highest BCUT2D eigenvalue weighted by molar-refractivity contribution is 5.87. The molecule has 0 aromatic rings. The second-order valence-electron chi connectivity index (χ2n) is 1.61. The van der Waals surface area contributed by atoms with Crippen LogP contribution in [0, 0.1) is 23.7 Å². The molecule has 0 rings (SSSR count). The van der Waals surface area contributed by atoms with E-state index in [0.717, 1.165) is 12.8 Å². The van der Waals surface area contributed by atoms with Crippen LogP contribution in [0.1, 0.15) is 19.8 Å². The monoisotopic (exact) mass is 136 g/mol. The normalized spacial score (nSPS) is 6.50. The molecule has 0 spiro atoms. The molecule has 2 nitrogen and oxygen atoms in total. The Morgan fingerprint density at radius 2 is 2.20 bits per heavy atom. The van der Waals surface area contributed by atoms with Gasteiger partial charge in [0.05, 0.1) is 0 Å². The van der Waals surface area contributed by atoms with Crippen LogP contribution < -0.4 is 0 Å². The van der Waals surface area contributed by atoms with E-state index in [9.17, 15) is 4.79 Å². The number of carboxylic acids is 1. The van der Waals surface area contributed by atoms with Gasteiger partial charge in [-0.3, -0.25) is 0 Å². The fourth-order valence-electron chi connectivity index (χ4n) is 0.316. The van der Waals surface area contributed by atoms with E-state index < -0.39 is 5.97 Å². The molecule has 0 atom stereocenters. The zero-order chi connectivity index (χ0) is 7.82. The van der Waals surface area contributed by atoms with Crippen molar-refractivity contribution in [2.24, 2.45) is 0 Å². The third kappa shape index (κ3) is 6.59. The molecule has 0 aliphatic rings. The Balaban J connectivity index is 3.67. The summed E-state index contributed by atoms with van der Waals surface area (Å²) in [6.07, 6.45) is 1.75. The van der Waals surface area contributed by atoms with Crippen LogP contribution >= 0.6 is 0 Å². The average Bonchev–Trinajstić information content (AvgIpc) is 1.87. The molecule has 10 heavy (non-hydrogen) atoms. The van der Waals surface area contributed by atoms with Crippen LogP contribution in [0.5, 0.6) is 0 Å². The molecular formula is C8H8O2. The van der Waals surface area contributed by atoms with Gasteiger partial charge in [0.25, 0.3) is 0 Å². The average molecular weight is 136 g/mol. The lowest BCUT2D eigenvalue weighted by molar-refractivity contribution is -0.130. The number of unbranched alkanes of at least 4 members (excludes halogenated alkanes) is 1. The number of carbonyl (C=O) groups is 1. The molecule has 0 aromatic heterocycles. The minimum Gasteiger partial charge on any atom is -0.472 e. The summed E-state index contributed by atoms with van der Waals surface area (Å²) in [5, 5.41) is 8.03. The highest BCUT2D eigenvalue weighted by atomic mass is 16.4. The lowest BCUT2D eigenvalue weighted by Crippen LogP contribution is -1.85. The summed E-state index contributed by atoms with van der Waals surface area (Å²) in [6.45, 7) is 2.00. The summed E-state index contributed by atoms with van der Waals surface area (Å²) < 4.78 is 0. The maximum Gasteiger partial charge on any atom is 0.382 e. The van der Waals surface area contributed by atoms with Crippen molar-refractivity contribution in [1.82, 2.24) is 0 Å². The van der Waals surface area contributed by atoms with Crippen LogP contribution in [0.25, 0.3) is 0 Å². The first-order chi connectivity index (χ1) is 4.77.